The number of ketones is 1. The summed E-state index contributed by atoms with van der Waals surface area (Å²) in [5.41, 5.74) is 1.20. The minimum absolute atomic E-state index is 0.0558. The number of hydrogen-bond acceptors (Lipinski definition) is 5. The average Bonchev–Trinajstić information content (AvgIpc) is 2.45. The molecule has 2 N–H and O–H groups in total. The van der Waals surface area contributed by atoms with Gasteiger partial charge in [-0.05, 0) is 51.6 Å². The van der Waals surface area contributed by atoms with Crippen LogP contribution in [0.4, 0.5) is 0 Å². The van der Waals surface area contributed by atoms with Crippen molar-refractivity contribution in [1.82, 2.24) is 10.2 Å². The fraction of sp³-hybridized carbons (Fsp3) is 0.684. The molecule has 3 aliphatic rings. The molecule has 5 nitrogen and oxygen atoms in total. The van der Waals surface area contributed by atoms with Crippen LogP contribution in [0.1, 0.15) is 53.4 Å². The number of dihydropyridines is 1. The summed E-state index contributed by atoms with van der Waals surface area (Å²) in [4.78, 5) is 15.3. The van der Waals surface area contributed by atoms with E-state index in [-0.39, 0.29) is 17.1 Å². The topological polar surface area (TPSA) is 76.4 Å². The van der Waals surface area contributed by atoms with Crippen molar-refractivity contribution in [2.24, 2.45) is 10.8 Å². The normalized spacial score (nSPS) is 26.4. The molecule has 130 valence electrons. The zero-order valence-electron chi connectivity index (χ0n) is 15.1. The summed E-state index contributed by atoms with van der Waals surface area (Å²) < 4.78 is 0. The van der Waals surface area contributed by atoms with E-state index in [0.717, 1.165) is 30.8 Å². The lowest BCUT2D eigenvalue weighted by Gasteiger charge is -2.49. The second-order valence-corrected chi connectivity index (χ2v) is 8.47. The third-order valence-electron chi connectivity index (χ3n) is 5.83. The first kappa shape index (κ1) is 17.0. The minimum atomic E-state index is -0.613. The van der Waals surface area contributed by atoms with Crippen LogP contribution >= 0.6 is 0 Å². The van der Waals surface area contributed by atoms with Crippen LogP contribution in [0.15, 0.2) is 22.7 Å². The van der Waals surface area contributed by atoms with Crippen LogP contribution in [0.3, 0.4) is 0 Å². The van der Waals surface area contributed by atoms with Gasteiger partial charge in [-0.3, -0.25) is 4.79 Å². The molecule has 0 bridgehead atoms. The van der Waals surface area contributed by atoms with E-state index >= 15 is 0 Å². The Balaban J connectivity index is 2.07. The maximum Gasteiger partial charge on any atom is 0.203 e. The highest BCUT2D eigenvalue weighted by Gasteiger charge is 2.52. The standard InChI is InChI=1S/C19H27N3O2/c1-12(2)22-7-5-19(6-8-22)13(11-20)17(24)21-14-9-18(3,4)10-15(23)16(14)19/h12,21,24H,5-10H2,1-4H3. The molecule has 0 amide bonds. The summed E-state index contributed by atoms with van der Waals surface area (Å²) >= 11 is 0. The Kier molecular flexibility index (Phi) is 4.00. The van der Waals surface area contributed by atoms with Gasteiger partial charge in [-0.1, -0.05) is 13.8 Å². The molecule has 1 spiro atoms. The van der Waals surface area contributed by atoms with Crippen LogP contribution in [-0.2, 0) is 4.79 Å². The molecule has 0 aromatic heterocycles. The average molecular weight is 329 g/mol. The largest absolute Gasteiger partial charge is 0.494 e. The van der Waals surface area contributed by atoms with Crippen molar-refractivity contribution < 1.29 is 9.90 Å². The number of aliphatic hydroxyl groups is 1. The van der Waals surface area contributed by atoms with Gasteiger partial charge in [-0.2, -0.15) is 5.26 Å². The number of likely N-dealkylation sites (tertiary alicyclic amines) is 1. The van der Waals surface area contributed by atoms with Gasteiger partial charge in [0.2, 0.25) is 5.88 Å². The first-order chi connectivity index (χ1) is 11.2. The number of hydrogen-bond donors (Lipinski definition) is 2. The van der Waals surface area contributed by atoms with Gasteiger partial charge in [0.15, 0.2) is 5.78 Å². The van der Waals surface area contributed by atoms with E-state index < -0.39 is 5.41 Å². The van der Waals surface area contributed by atoms with Gasteiger partial charge >= 0.3 is 0 Å². The van der Waals surface area contributed by atoms with Gasteiger partial charge in [-0.15, -0.1) is 0 Å². The van der Waals surface area contributed by atoms with E-state index in [4.69, 9.17) is 0 Å². The van der Waals surface area contributed by atoms with E-state index in [9.17, 15) is 15.2 Å². The molecule has 3 rings (SSSR count). The summed E-state index contributed by atoms with van der Waals surface area (Å²) in [5.74, 6) is 0.0757. The van der Waals surface area contributed by atoms with Crippen LogP contribution in [0.2, 0.25) is 0 Å². The predicted molar refractivity (Wildman–Crippen MR) is 91.8 cm³/mol. The summed E-state index contributed by atoms with van der Waals surface area (Å²) in [6.45, 7) is 10.2. The summed E-state index contributed by atoms with van der Waals surface area (Å²) in [5, 5.41) is 23.1. The zero-order valence-corrected chi connectivity index (χ0v) is 15.1. The van der Waals surface area contributed by atoms with Gasteiger partial charge in [0, 0.05) is 29.1 Å². The third kappa shape index (κ3) is 2.53. The molecular weight excluding hydrogens is 302 g/mol. The Morgan fingerprint density at radius 2 is 1.88 bits per heavy atom. The Morgan fingerprint density at radius 1 is 1.25 bits per heavy atom. The van der Waals surface area contributed by atoms with E-state index in [1.54, 1.807) is 0 Å². The molecule has 0 saturated carbocycles. The van der Waals surface area contributed by atoms with Gasteiger partial charge < -0.3 is 15.3 Å². The van der Waals surface area contributed by atoms with Gasteiger partial charge in [-0.25, -0.2) is 0 Å². The molecule has 0 atom stereocenters. The highest BCUT2D eigenvalue weighted by molar-refractivity contribution is 6.00. The number of rotatable bonds is 1. The fourth-order valence-electron chi connectivity index (χ4n) is 4.62. The number of nitriles is 1. The quantitative estimate of drug-likeness (QED) is 0.773. The number of carbonyl (C=O) groups excluding carboxylic acids is 1. The Labute approximate surface area is 144 Å². The molecule has 0 aromatic carbocycles. The first-order valence-electron chi connectivity index (χ1n) is 8.82. The number of Topliss-reactive ketones (excluding diaryl/α,β-unsaturated/α-hetero) is 1. The number of piperidine rings is 1. The lowest BCUT2D eigenvalue weighted by atomic mass is 9.60. The van der Waals surface area contributed by atoms with Crippen LogP contribution in [-0.4, -0.2) is 34.9 Å². The Morgan fingerprint density at radius 3 is 2.42 bits per heavy atom. The van der Waals surface area contributed by atoms with Gasteiger partial charge in [0.1, 0.15) is 11.6 Å². The molecular formula is C19H27N3O2. The zero-order chi connectivity index (χ0) is 17.7. The maximum absolute atomic E-state index is 13.0. The van der Waals surface area contributed by atoms with Gasteiger partial charge in [0.05, 0.1) is 0 Å². The summed E-state index contributed by atoms with van der Waals surface area (Å²) in [6, 6.07) is 2.64. The van der Waals surface area contributed by atoms with Crippen molar-refractivity contribution in [3.8, 4) is 6.07 Å². The molecule has 2 heterocycles. The van der Waals surface area contributed by atoms with E-state index in [0.29, 0.717) is 30.9 Å². The summed E-state index contributed by atoms with van der Waals surface area (Å²) in [7, 11) is 0. The number of fused-ring (bicyclic) bond motifs is 1. The number of aliphatic hydroxyl groups excluding tert-OH is 1. The Hall–Kier alpha value is -1.80. The van der Waals surface area contributed by atoms with Crippen molar-refractivity contribution in [2.45, 2.75) is 59.4 Å². The minimum Gasteiger partial charge on any atom is -0.494 e. The SMILES string of the molecule is CC(C)N1CCC2(CC1)C(C#N)=C(O)NC1=C2C(=O)CC(C)(C)C1. The smallest absolute Gasteiger partial charge is 0.203 e. The van der Waals surface area contributed by atoms with Crippen molar-refractivity contribution in [2.75, 3.05) is 13.1 Å². The maximum atomic E-state index is 13.0. The van der Waals surface area contributed by atoms with Crippen molar-refractivity contribution >= 4 is 5.78 Å². The second kappa shape index (κ2) is 5.63. The molecule has 5 heteroatoms. The predicted octanol–water partition coefficient (Wildman–Crippen LogP) is 3.02. The van der Waals surface area contributed by atoms with Crippen molar-refractivity contribution in [3.63, 3.8) is 0 Å². The molecule has 0 unspecified atom stereocenters. The van der Waals surface area contributed by atoms with Crippen molar-refractivity contribution in [3.05, 3.63) is 22.7 Å². The number of allylic oxidation sites excluding steroid dienone is 3. The third-order valence-corrected chi connectivity index (χ3v) is 5.83. The van der Waals surface area contributed by atoms with E-state index in [2.05, 4.69) is 44.0 Å². The van der Waals surface area contributed by atoms with Crippen LogP contribution in [0.5, 0.6) is 0 Å². The van der Waals surface area contributed by atoms with Crippen LogP contribution < -0.4 is 5.32 Å². The lowest BCUT2D eigenvalue weighted by Crippen LogP contribution is -2.50. The van der Waals surface area contributed by atoms with E-state index in [1.165, 1.54) is 0 Å². The molecule has 2 aliphatic heterocycles. The lowest BCUT2D eigenvalue weighted by molar-refractivity contribution is -0.119. The van der Waals surface area contributed by atoms with Crippen LogP contribution in [0.25, 0.3) is 0 Å². The molecule has 24 heavy (non-hydrogen) atoms. The first-order valence-corrected chi connectivity index (χ1v) is 8.82. The molecule has 1 fully saturated rings. The monoisotopic (exact) mass is 329 g/mol. The van der Waals surface area contributed by atoms with E-state index in [1.807, 2.05) is 0 Å². The Bertz CT molecular complexity index is 671. The molecule has 1 aliphatic carbocycles. The number of nitrogens with zero attached hydrogens (tertiary/aromatic N) is 2. The summed E-state index contributed by atoms with van der Waals surface area (Å²) in [6.07, 6.45) is 2.66. The molecule has 1 saturated heterocycles. The molecule has 0 radical (unpaired) electrons. The molecule has 0 aromatic rings. The van der Waals surface area contributed by atoms with Crippen molar-refractivity contribution in [1.29, 1.82) is 5.26 Å². The highest BCUT2D eigenvalue weighted by Crippen LogP contribution is 2.53. The number of nitrogens with one attached hydrogen (secondary N) is 1. The van der Waals surface area contributed by atoms with Gasteiger partial charge in [0.25, 0.3) is 0 Å². The highest BCUT2D eigenvalue weighted by atomic mass is 16.3. The fourth-order valence-corrected chi connectivity index (χ4v) is 4.62. The second-order valence-electron chi connectivity index (χ2n) is 8.47. The number of carbonyl (C=O) groups is 1. The van der Waals surface area contributed by atoms with Crippen LogP contribution in [0, 0.1) is 22.2 Å².